The van der Waals surface area contributed by atoms with Gasteiger partial charge in [0.25, 0.3) is 0 Å². The van der Waals surface area contributed by atoms with E-state index < -0.39 is 0 Å². The lowest BCUT2D eigenvalue weighted by atomic mass is 9.93. The third kappa shape index (κ3) is 2.94. The Morgan fingerprint density at radius 2 is 2.21 bits per heavy atom. The van der Waals surface area contributed by atoms with Crippen LogP contribution < -0.4 is 10.6 Å². The normalized spacial score (nSPS) is 21.9. The van der Waals surface area contributed by atoms with Crippen molar-refractivity contribution >= 4 is 5.91 Å². The van der Waals surface area contributed by atoms with Crippen LogP contribution in [0.15, 0.2) is 24.3 Å². The van der Waals surface area contributed by atoms with Crippen LogP contribution in [-0.4, -0.2) is 18.0 Å². The van der Waals surface area contributed by atoms with E-state index in [4.69, 9.17) is 5.26 Å². The fraction of sp³-hybridized carbons (Fsp3) is 0.467. The van der Waals surface area contributed by atoms with Gasteiger partial charge in [0.1, 0.15) is 0 Å². The number of nitrogens with one attached hydrogen (secondary N) is 2. The Kier molecular flexibility index (Phi) is 4.18. The van der Waals surface area contributed by atoms with Gasteiger partial charge in [0.2, 0.25) is 5.91 Å². The Morgan fingerprint density at radius 1 is 1.47 bits per heavy atom. The zero-order valence-corrected chi connectivity index (χ0v) is 11.2. The molecule has 4 nitrogen and oxygen atoms in total. The van der Waals surface area contributed by atoms with Crippen LogP contribution >= 0.6 is 0 Å². The molecule has 1 aliphatic rings. The zero-order chi connectivity index (χ0) is 13.7. The van der Waals surface area contributed by atoms with Gasteiger partial charge in [-0.05, 0) is 43.5 Å². The highest BCUT2D eigenvalue weighted by Gasteiger charge is 2.38. The van der Waals surface area contributed by atoms with Gasteiger partial charge >= 0.3 is 0 Å². The predicted molar refractivity (Wildman–Crippen MR) is 73.3 cm³/mol. The van der Waals surface area contributed by atoms with Crippen molar-refractivity contribution in [3.05, 3.63) is 35.4 Å². The molecule has 1 aromatic rings. The van der Waals surface area contributed by atoms with E-state index in [1.54, 1.807) is 12.1 Å². The third-order valence-corrected chi connectivity index (χ3v) is 3.82. The number of nitriles is 1. The minimum Gasteiger partial charge on any atom is -0.350 e. The molecule has 0 radical (unpaired) electrons. The molecule has 1 saturated heterocycles. The molecule has 19 heavy (non-hydrogen) atoms. The smallest absolute Gasteiger partial charge is 0.240 e. The van der Waals surface area contributed by atoms with Crippen LogP contribution in [0.25, 0.3) is 0 Å². The fourth-order valence-corrected chi connectivity index (χ4v) is 2.51. The summed E-state index contributed by atoms with van der Waals surface area (Å²) in [5.74, 6) is 0.0804. The van der Waals surface area contributed by atoms with E-state index >= 15 is 0 Å². The molecule has 1 aromatic carbocycles. The van der Waals surface area contributed by atoms with Crippen LogP contribution in [0.2, 0.25) is 0 Å². The second-order valence-corrected chi connectivity index (χ2v) is 4.96. The van der Waals surface area contributed by atoms with E-state index in [1.165, 1.54) is 0 Å². The minimum absolute atomic E-state index is 0.0804. The maximum Gasteiger partial charge on any atom is 0.240 e. The summed E-state index contributed by atoms with van der Waals surface area (Å²) in [4.78, 5) is 12.3. The molecule has 0 aliphatic carbocycles. The highest BCUT2D eigenvalue weighted by Crippen LogP contribution is 2.23. The largest absolute Gasteiger partial charge is 0.350 e. The number of nitrogens with zero attached hydrogens (tertiary/aromatic N) is 1. The lowest BCUT2D eigenvalue weighted by molar-refractivity contribution is -0.127. The SMILES string of the molecule is CCC1(C(=O)NCc2ccc(C#N)cc2)CCCN1. The zero-order valence-electron chi connectivity index (χ0n) is 11.2. The van der Waals surface area contributed by atoms with E-state index in [-0.39, 0.29) is 11.4 Å². The first-order valence-corrected chi connectivity index (χ1v) is 6.72. The van der Waals surface area contributed by atoms with Gasteiger partial charge in [-0.1, -0.05) is 19.1 Å². The topological polar surface area (TPSA) is 64.9 Å². The first kappa shape index (κ1) is 13.6. The summed E-state index contributed by atoms with van der Waals surface area (Å²) in [6.45, 7) is 3.46. The van der Waals surface area contributed by atoms with Crippen molar-refractivity contribution in [2.75, 3.05) is 6.54 Å². The van der Waals surface area contributed by atoms with Gasteiger partial charge in [-0.15, -0.1) is 0 Å². The highest BCUT2D eigenvalue weighted by atomic mass is 16.2. The molecule has 0 bridgehead atoms. The number of benzene rings is 1. The maximum atomic E-state index is 12.3. The summed E-state index contributed by atoms with van der Waals surface area (Å²) >= 11 is 0. The Hall–Kier alpha value is -1.86. The van der Waals surface area contributed by atoms with Gasteiger partial charge in [-0.2, -0.15) is 5.26 Å². The number of hydrogen-bond donors (Lipinski definition) is 2. The van der Waals surface area contributed by atoms with E-state index in [0.717, 1.165) is 31.4 Å². The Labute approximate surface area is 113 Å². The first-order valence-electron chi connectivity index (χ1n) is 6.72. The minimum atomic E-state index is -0.382. The van der Waals surface area contributed by atoms with Gasteiger partial charge in [-0.3, -0.25) is 4.79 Å². The molecule has 1 fully saturated rings. The van der Waals surface area contributed by atoms with Crippen LogP contribution in [0.5, 0.6) is 0 Å². The highest BCUT2D eigenvalue weighted by molar-refractivity contribution is 5.86. The van der Waals surface area contributed by atoms with Crippen LogP contribution in [0.1, 0.15) is 37.3 Å². The Balaban J connectivity index is 1.94. The third-order valence-electron chi connectivity index (χ3n) is 3.82. The van der Waals surface area contributed by atoms with E-state index in [0.29, 0.717) is 12.1 Å². The number of hydrogen-bond acceptors (Lipinski definition) is 3. The summed E-state index contributed by atoms with van der Waals surface area (Å²) in [5.41, 5.74) is 1.27. The molecule has 1 heterocycles. The Morgan fingerprint density at radius 3 is 2.74 bits per heavy atom. The van der Waals surface area contributed by atoms with Crippen LogP contribution in [0, 0.1) is 11.3 Å². The quantitative estimate of drug-likeness (QED) is 0.863. The molecule has 1 unspecified atom stereocenters. The lowest BCUT2D eigenvalue weighted by Crippen LogP contribution is -2.52. The lowest BCUT2D eigenvalue weighted by Gasteiger charge is -2.26. The molecule has 2 N–H and O–H groups in total. The summed E-state index contributed by atoms with van der Waals surface area (Å²) in [5, 5.41) is 15.0. The molecule has 0 saturated carbocycles. The molecule has 0 spiro atoms. The monoisotopic (exact) mass is 257 g/mol. The molecule has 1 amide bonds. The van der Waals surface area contributed by atoms with Crippen molar-refractivity contribution < 1.29 is 4.79 Å². The van der Waals surface area contributed by atoms with Crippen molar-refractivity contribution in [1.29, 1.82) is 5.26 Å². The van der Waals surface area contributed by atoms with Crippen molar-refractivity contribution in [1.82, 2.24) is 10.6 Å². The molecule has 4 heteroatoms. The van der Waals surface area contributed by atoms with Gasteiger partial charge in [0, 0.05) is 6.54 Å². The number of amides is 1. The molecule has 1 atom stereocenters. The fourth-order valence-electron chi connectivity index (χ4n) is 2.51. The second kappa shape index (κ2) is 5.85. The standard InChI is InChI=1S/C15H19N3O/c1-2-15(8-3-9-18-15)14(19)17-11-13-6-4-12(10-16)5-7-13/h4-7,18H,2-3,8-9,11H2,1H3,(H,17,19). The number of rotatable bonds is 4. The first-order chi connectivity index (χ1) is 9.20. The van der Waals surface area contributed by atoms with Crippen molar-refractivity contribution in [2.24, 2.45) is 0 Å². The molecule has 100 valence electrons. The summed E-state index contributed by atoms with van der Waals surface area (Å²) in [6.07, 6.45) is 2.77. The number of carbonyl (C=O) groups excluding carboxylic acids is 1. The van der Waals surface area contributed by atoms with Crippen molar-refractivity contribution in [3.63, 3.8) is 0 Å². The predicted octanol–water partition coefficient (Wildman–Crippen LogP) is 1.71. The second-order valence-electron chi connectivity index (χ2n) is 4.96. The molecular formula is C15H19N3O. The Bertz CT molecular complexity index is 481. The van der Waals surface area contributed by atoms with E-state index in [1.807, 2.05) is 19.1 Å². The van der Waals surface area contributed by atoms with Crippen molar-refractivity contribution in [3.8, 4) is 6.07 Å². The summed E-state index contributed by atoms with van der Waals surface area (Å²) in [6, 6.07) is 9.37. The molecule has 1 aliphatic heterocycles. The van der Waals surface area contributed by atoms with Crippen LogP contribution in [0.3, 0.4) is 0 Å². The van der Waals surface area contributed by atoms with Gasteiger partial charge in [0.15, 0.2) is 0 Å². The van der Waals surface area contributed by atoms with Gasteiger partial charge in [-0.25, -0.2) is 0 Å². The van der Waals surface area contributed by atoms with E-state index in [9.17, 15) is 4.79 Å². The van der Waals surface area contributed by atoms with Crippen LogP contribution in [0.4, 0.5) is 0 Å². The number of carbonyl (C=O) groups is 1. The molecule has 0 aromatic heterocycles. The van der Waals surface area contributed by atoms with Crippen molar-refractivity contribution in [2.45, 2.75) is 38.3 Å². The van der Waals surface area contributed by atoms with Crippen LogP contribution in [-0.2, 0) is 11.3 Å². The van der Waals surface area contributed by atoms with Gasteiger partial charge < -0.3 is 10.6 Å². The molecular weight excluding hydrogens is 238 g/mol. The average molecular weight is 257 g/mol. The summed E-state index contributed by atoms with van der Waals surface area (Å²) < 4.78 is 0. The van der Waals surface area contributed by atoms with E-state index in [2.05, 4.69) is 16.7 Å². The molecule has 2 rings (SSSR count). The maximum absolute atomic E-state index is 12.3. The van der Waals surface area contributed by atoms with Gasteiger partial charge in [0.05, 0.1) is 17.2 Å². The average Bonchev–Trinajstić information content (AvgIpc) is 2.95. The summed E-state index contributed by atoms with van der Waals surface area (Å²) in [7, 11) is 0.